The summed E-state index contributed by atoms with van der Waals surface area (Å²) >= 11 is 0. The predicted molar refractivity (Wildman–Crippen MR) is 50.9 cm³/mol. The summed E-state index contributed by atoms with van der Waals surface area (Å²) in [6.45, 7) is 0. The van der Waals surface area contributed by atoms with Gasteiger partial charge in [-0.1, -0.05) is 0 Å². The van der Waals surface area contributed by atoms with Crippen molar-refractivity contribution in [1.29, 1.82) is 0 Å². The van der Waals surface area contributed by atoms with Crippen LogP contribution in [0.1, 0.15) is 35.2 Å². The van der Waals surface area contributed by atoms with Crippen LogP contribution in [0.25, 0.3) is 0 Å². The highest BCUT2D eigenvalue weighted by atomic mass is 19.4. The first kappa shape index (κ1) is 11.1. The minimum absolute atomic E-state index is 0.203. The zero-order chi connectivity index (χ0) is 11.8. The van der Waals surface area contributed by atoms with Gasteiger partial charge in [0.05, 0.1) is 5.56 Å². The first-order valence-electron chi connectivity index (χ1n) is 5.03. The first-order chi connectivity index (χ1) is 7.48. The van der Waals surface area contributed by atoms with Gasteiger partial charge in [0.2, 0.25) is 0 Å². The number of Topliss-reactive ketones (excluding diaryl/α,β-unsaturated/α-hetero) is 1. The van der Waals surface area contributed by atoms with Gasteiger partial charge in [-0.05, 0) is 24.8 Å². The third-order valence-corrected chi connectivity index (χ3v) is 2.60. The SMILES string of the molecule is O=C(CC1CC1)c1cnccc1C(F)(F)F. The highest BCUT2D eigenvalue weighted by Crippen LogP contribution is 2.36. The lowest BCUT2D eigenvalue weighted by atomic mass is 10.0. The van der Waals surface area contributed by atoms with E-state index in [1.165, 1.54) is 0 Å². The van der Waals surface area contributed by atoms with Gasteiger partial charge in [0.15, 0.2) is 5.78 Å². The van der Waals surface area contributed by atoms with E-state index in [4.69, 9.17) is 0 Å². The van der Waals surface area contributed by atoms with Crippen molar-refractivity contribution in [1.82, 2.24) is 4.98 Å². The number of rotatable bonds is 3. The van der Waals surface area contributed by atoms with Gasteiger partial charge in [-0.15, -0.1) is 0 Å². The molecule has 0 saturated heterocycles. The highest BCUT2D eigenvalue weighted by Gasteiger charge is 2.36. The molecule has 2 nitrogen and oxygen atoms in total. The van der Waals surface area contributed by atoms with E-state index >= 15 is 0 Å². The topological polar surface area (TPSA) is 30.0 Å². The minimum Gasteiger partial charge on any atom is -0.294 e. The van der Waals surface area contributed by atoms with Crippen LogP contribution >= 0.6 is 0 Å². The Bertz CT molecular complexity index is 410. The molecule has 0 atom stereocenters. The summed E-state index contributed by atoms with van der Waals surface area (Å²) in [5.74, 6) is -0.184. The number of aromatic nitrogens is 1. The third-order valence-electron chi connectivity index (χ3n) is 2.60. The quantitative estimate of drug-likeness (QED) is 0.745. The molecule has 0 N–H and O–H groups in total. The first-order valence-corrected chi connectivity index (χ1v) is 5.03. The molecule has 0 unspecified atom stereocenters. The molecule has 16 heavy (non-hydrogen) atoms. The second-order valence-corrected chi connectivity index (χ2v) is 3.99. The molecule has 1 aromatic rings. The molecule has 1 fully saturated rings. The second kappa shape index (κ2) is 3.88. The van der Waals surface area contributed by atoms with Crippen molar-refractivity contribution in [3.63, 3.8) is 0 Å². The lowest BCUT2D eigenvalue weighted by Gasteiger charge is -2.10. The molecule has 5 heteroatoms. The van der Waals surface area contributed by atoms with Crippen molar-refractivity contribution in [3.05, 3.63) is 29.6 Å². The smallest absolute Gasteiger partial charge is 0.294 e. The molecule has 0 amide bonds. The molecule has 0 aliphatic heterocycles. The summed E-state index contributed by atoms with van der Waals surface area (Å²) in [6.07, 6.45) is -0.350. The largest absolute Gasteiger partial charge is 0.417 e. The fourth-order valence-electron chi connectivity index (χ4n) is 1.56. The maximum Gasteiger partial charge on any atom is 0.417 e. The summed E-state index contributed by atoms with van der Waals surface area (Å²) < 4.78 is 37.7. The van der Waals surface area contributed by atoms with E-state index in [0.29, 0.717) is 0 Å². The van der Waals surface area contributed by atoms with Crippen LogP contribution in [0.5, 0.6) is 0 Å². The molecule has 1 aromatic heterocycles. The Morgan fingerprint density at radius 2 is 2.12 bits per heavy atom. The molecule has 1 saturated carbocycles. The van der Waals surface area contributed by atoms with E-state index in [2.05, 4.69) is 4.98 Å². The molecule has 0 bridgehead atoms. The molecule has 1 aliphatic rings. The lowest BCUT2D eigenvalue weighted by Crippen LogP contribution is -2.13. The van der Waals surface area contributed by atoms with E-state index < -0.39 is 17.5 Å². The predicted octanol–water partition coefficient (Wildman–Crippen LogP) is 3.08. The Morgan fingerprint density at radius 3 is 2.69 bits per heavy atom. The molecule has 86 valence electrons. The number of alkyl halides is 3. The molecule has 0 aromatic carbocycles. The van der Waals surface area contributed by atoms with Crippen molar-refractivity contribution in [2.75, 3.05) is 0 Å². The monoisotopic (exact) mass is 229 g/mol. The van der Waals surface area contributed by atoms with E-state index in [1.54, 1.807) is 0 Å². The number of pyridine rings is 1. The summed E-state index contributed by atoms with van der Waals surface area (Å²) in [5, 5.41) is 0. The summed E-state index contributed by atoms with van der Waals surface area (Å²) in [5.41, 5.74) is -1.19. The van der Waals surface area contributed by atoms with E-state index in [1.807, 2.05) is 0 Å². The van der Waals surface area contributed by atoms with Crippen LogP contribution in [0, 0.1) is 5.92 Å². The van der Waals surface area contributed by atoms with Crippen LogP contribution in [0.2, 0.25) is 0 Å². The van der Waals surface area contributed by atoms with Crippen LogP contribution in [-0.4, -0.2) is 10.8 Å². The molecular weight excluding hydrogens is 219 g/mol. The van der Waals surface area contributed by atoms with Crippen LogP contribution in [-0.2, 0) is 6.18 Å². The zero-order valence-corrected chi connectivity index (χ0v) is 8.42. The van der Waals surface area contributed by atoms with Gasteiger partial charge >= 0.3 is 6.18 Å². The van der Waals surface area contributed by atoms with Gasteiger partial charge in [0.1, 0.15) is 0 Å². The Labute approximate surface area is 90.5 Å². The van der Waals surface area contributed by atoms with Gasteiger partial charge < -0.3 is 0 Å². The number of ketones is 1. The second-order valence-electron chi connectivity index (χ2n) is 3.99. The fourth-order valence-corrected chi connectivity index (χ4v) is 1.56. The van der Waals surface area contributed by atoms with E-state index in [0.717, 1.165) is 31.3 Å². The normalized spacial score (nSPS) is 16.2. The van der Waals surface area contributed by atoms with Crippen molar-refractivity contribution in [2.45, 2.75) is 25.4 Å². The van der Waals surface area contributed by atoms with Gasteiger partial charge in [-0.25, -0.2) is 0 Å². The van der Waals surface area contributed by atoms with Crippen LogP contribution in [0.15, 0.2) is 18.5 Å². The number of hydrogen-bond donors (Lipinski definition) is 0. The Balaban J connectivity index is 2.28. The highest BCUT2D eigenvalue weighted by molar-refractivity contribution is 5.97. The number of carbonyl (C=O) groups excluding carboxylic acids is 1. The molecule has 1 aliphatic carbocycles. The van der Waals surface area contributed by atoms with Crippen molar-refractivity contribution >= 4 is 5.78 Å². The Morgan fingerprint density at radius 1 is 1.44 bits per heavy atom. The standard InChI is InChI=1S/C11H10F3NO/c12-11(13,14)9-3-4-15-6-8(9)10(16)5-7-1-2-7/h3-4,6-7H,1-2,5H2. The summed E-state index contributed by atoms with van der Waals surface area (Å²) in [7, 11) is 0. The molecule has 0 radical (unpaired) electrons. The number of hydrogen-bond acceptors (Lipinski definition) is 2. The van der Waals surface area contributed by atoms with Crippen LogP contribution < -0.4 is 0 Å². The van der Waals surface area contributed by atoms with E-state index in [9.17, 15) is 18.0 Å². The summed E-state index contributed by atoms with van der Waals surface area (Å²) in [4.78, 5) is 15.2. The molecule has 1 heterocycles. The maximum atomic E-state index is 12.6. The third kappa shape index (κ3) is 2.40. The fraction of sp³-hybridized carbons (Fsp3) is 0.455. The summed E-state index contributed by atoms with van der Waals surface area (Å²) in [6, 6.07) is 0.847. The van der Waals surface area contributed by atoms with E-state index in [-0.39, 0.29) is 17.9 Å². The molecule has 0 spiro atoms. The average Bonchev–Trinajstić information content (AvgIpc) is 3.00. The van der Waals surface area contributed by atoms with Crippen LogP contribution in [0.4, 0.5) is 13.2 Å². The number of carbonyl (C=O) groups is 1. The van der Waals surface area contributed by atoms with Crippen molar-refractivity contribution < 1.29 is 18.0 Å². The Hall–Kier alpha value is -1.39. The lowest BCUT2D eigenvalue weighted by molar-refractivity contribution is -0.138. The average molecular weight is 229 g/mol. The van der Waals surface area contributed by atoms with Gasteiger partial charge in [-0.3, -0.25) is 9.78 Å². The zero-order valence-electron chi connectivity index (χ0n) is 8.42. The maximum absolute atomic E-state index is 12.6. The molecule has 2 rings (SSSR count). The van der Waals surface area contributed by atoms with Crippen molar-refractivity contribution in [2.24, 2.45) is 5.92 Å². The van der Waals surface area contributed by atoms with Gasteiger partial charge in [0, 0.05) is 24.4 Å². The van der Waals surface area contributed by atoms with Gasteiger partial charge in [0.25, 0.3) is 0 Å². The number of nitrogens with zero attached hydrogens (tertiary/aromatic N) is 1. The van der Waals surface area contributed by atoms with Crippen LogP contribution in [0.3, 0.4) is 0 Å². The number of halogens is 3. The van der Waals surface area contributed by atoms with Crippen molar-refractivity contribution in [3.8, 4) is 0 Å². The Kier molecular flexibility index (Phi) is 2.69. The molecular formula is C11H10F3NO. The minimum atomic E-state index is -4.49. The van der Waals surface area contributed by atoms with Gasteiger partial charge in [-0.2, -0.15) is 13.2 Å².